The number of benzene rings is 2. The highest BCUT2D eigenvalue weighted by Gasteiger charge is 2.24. The minimum atomic E-state index is 0.277. The van der Waals surface area contributed by atoms with Gasteiger partial charge in [0.05, 0.1) is 0 Å². The smallest absolute Gasteiger partial charge is 0.231 e. The maximum Gasteiger partial charge on any atom is 0.231 e. The lowest BCUT2D eigenvalue weighted by atomic mass is 10.1. The molecule has 2 aromatic rings. The van der Waals surface area contributed by atoms with Crippen LogP contribution in [-0.4, -0.2) is 31.0 Å². The zero-order valence-electron chi connectivity index (χ0n) is 14.8. The van der Waals surface area contributed by atoms with Gasteiger partial charge < -0.3 is 25.0 Å². The summed E-state index contributed by atoms with van der Waals surface area (Å²) in [4.78, 5) is 2.49. The minimum Gasteiger partial charge on any atom is -0.454 e. The molecule has 6 heteroatoms. The van der Waals surface area contributed by atoms with Gasteiger partial charge in [-0.05, 0) is 55.7 Å². The van der Waals surface area contributed by atoms with E-state index >= 15 is 0 Å². The molecule has 0 fully saturated rings. The van der Waals surface area contributed by atoms with Gasteiger partial charge in [-0.2, -0.15) is 0 Å². The number of hydrogen-bond donors (Lipinski definition) is 2. The fourth-order valence-electron chi connectivity index (χ4n) is 3.57. The maximum atomic E-state index is 5.39. The van der Waals surface area contributed by atoms with Gasteiger partial charge in [-0.1, -0.05) is 18.2 Å². The molecule has 0 amide bonds. The Morgan fingerprint density at radius 3 is 2.96 bits per heavy atom. The van der Waals surface area contributed by atoms with E-state index in [0.717, 1.165) is 43.1 Å². The molecule has 26 heavy (non-hydrogen) atoms. The Bertz CT molecular complexity index is 811. The van der Waals surface area contributed by atoms with Gasteiger partial charge in [0.2, 0.25) is 6.79 Å². The molecular weight excluding hydrogens is 346 g/mol. The molecule has 0 radical (unpaired) electrons. The van der Waals surface area contributed by atoms with Crippen molar-refractivity contribution in [1.82, 2.24) is 5.32 Å². The molecule has 0 saturated heterocycles. The molecule has 5 nitrogen and oxygen atoms in total. The van der Waals surface area contributed by atoms with Crippen LogP contribution in [0.4, 0.5) is 11.4 Å². The molecule has 0 spiro atoms. The Balaban J connectivity index is 1.23. The largest absolute Gasteiger partial charge is 0.454 e. The Morgan fingerprint density at radius 2 is 2.04 bits per heavy atom. The van der Waals surface area contributed by atoms with E-state index < -0.39 is 0 Å². The second-order valence-corrected chi connectivity index (χ2v) is 7.09. The van der Waals surface area contributed by atoms with Crippen molar-refractivity contribution in [2.24, 2.45) is 0 Å². The molecule has 2 aliphatic heterocycles. The topological polar surface area (TPSA) is 45.8 Å². The van der Waals surface area contributed by atoms with Crippen molar-refractivity contribution in [2.45, 2.75) is 25.8 Å². The summed E-state index contributed by atoms with van der Waals surface area (Å²) in [5.74, 6) is 1.52. The molecule has 0 aliphatic carbocycles. The third-order valence-electron chi connectivity index (χ3n) is 4.84. The summed E-state index contributed by atoms with van der Waals surface area (Å²) in [7, 11) is 0. The van der Waals surface area contributed by atoms with Crippen LogP contribution < -0.4 is 25.0 Å². The van der Waals surface area contributed by atoms with Gasteiger partial charge in [-0.3, -0.25) is 0 Å². The first-order valence-electron chi connectivity index (χ1n) is 9.00. The molecule has 1 atom stereocenters. The summed E-state index contributed by atoms with van der Waals surface area (Å²) < 4.78 is 10.7. The first-order chi connectivity index (χ1) is 12.7. The molecule has 0 unspecified atom stereocenters. The molecule has 2 aliphatic rings. The van der Waals surface area contributed by atoms with E-state index in [9.17, 15) is 0 Å². The van der Waals surface area contributed by atoms with Crippen LogP contribution in [0.15, 0.2) is 42.5 Å². The van der Waals surface area contributed by atoms with Crippen LogP contribution in [0.25, 0.3) is 0 Å². The van der Waals surface area contributed by atoms with Gasteiger partial charge in [0.15, 0.2) is 16.6 Å². The zero-order chi connectivity index (χ0) is 17.9. The van der Waals surface area contributed by atoms with E-state index in [2.05, 4.69) is 46.7 Å². The normalized spacial score (nSPS) is 17.1. The Morgan fingerprint density at radius 1 is 1.19 bits per heavy atom. The van der Waals surface area contributed by atoms with E-state index in [0.29, 0.717) is 11.2 Å². The van der Waals surface area contributed by atoms with Crippen LogP contribution in [-0.2, 0) is 6.42 Å². The van der Waals surface area contributed by atoms with Gasteiger partial charge in [0.25, 0.3) is 0 Å². The molecule has 2 N–H and O–H groups in total. The predicted molar refractivity (Wildman–Crippen MR) is 108 cm³/mol. The van der Waals surface area contributed by atoms with Gasteiger partial charge in [-0.15, -0.1) is 0 Å². The number of hydrogen-bond acceptors (Lipinski definition) is 4. The number of para-hydroxylation sites is 1. The number of anilines is 2. The summed E-state index contributed by atoms with van der Waals surface area (Å²) in [5, 5.41) is 7.10. The number of ether oxygens (including phenoxy) is 2. The molecule has 2 heterocycles. The number of nitrogens with one attached hydrogen (secondary N) is 2. The number of rotatable bonds is 5. The van der Waals surface area contributed by atoms with Crippen LogP contribution in [0.5, 0.6) is 11.5 Å². The monoisotopic (exact) mass is 369 g/mol. The van der Waals surface area contributed by atoms with Crippen molar-refractivity contribution in [3.8, 4) is 11.5 Å². The predicted octanol–water partition coefficient (Wildman–Crippen LogP) is 3.54. The van der Waals surface area contributed by atoms with Crippen LogP contribution in [0.1, 0.15) is 18.9 Å². The summed E-state index contributed by atoms with van der Waals surface area (Å²) >= 11 is 5.39. The molecule has 0 bridgehead atoms. The van der Waals surface area contributed by atoms with E-state index in [4.69, 9.17) is 21.7 Å². The van der Waals surface area contributed by atoms with E-state index in [1.54, 1.807) is 0 Å². The molecular formula is C20H23N3O2S. The highest BCUT2D eigenvalue weighted by molar-refractivity contribution is 7.80. The van der Waals surface area contributed by atoms with Crippen molar-refractivity contribution in [2.75, 3.05) is 30.1 Å². The first kappa shape index (κ1) is 17.0. The Kier molecular flexibility index (Phi) is 4.84. The fraction of sp³-hybridized carbons (Fsp3) is 0.350. The standard InChI is InChI=1S/C20H23N3O2S/c1-14-11-15-5-2-3-6-17(15)23(14)10-4-9-21-20(26)22-16-7-8-18-19(12-16)25-13-24-18/h2-3,5-8,12,14H,4,9-11,13H2,1H3,(H2,21,22,26)/t14-/m0/s1. The van der Waals surface area contributed by atoms with Crippen molar-refractivity contribution in [1.29, 1.82) is 0 Å². The van der Waals surface area contributed by atoms with Crippen LogP contribution in [0.2, 0.25) is 0 Å². The van der Waals surface area contributed by atoms with Crippen molar-refractivity contribution < 1.29 is 9.47 Å². The van der Waals surface area contributed by atoms with E-state index in [-0.39, 0.29) is 6.79 Å². The SMILES string of the molecule is C[C@H]1Cc2ccccc2N1CCCNC(=S)Nc1ccc2c(c1)OCO2. The van der Waals surface area contributed by atoms with Crippen molar-refractivity contribution in [3.05, 3.63) is 48.0 Å². The zero-order valence-corrected chi connectivity index (χ0v) is 15.6. The average molecular weight is 369 g/mol. The van der Waals surface area contributed by atoms with Gasteiger partial charge >= 0.3 is 0 Å². The van der Waals surface area contributed by atoms with Crippen molar-refractivity contribution >= 4 is 28.7 Å². The summed E-state index contributed by atoms with van der Waals surface area (Å²) in [5.41, 5.74) is 3.72. The van der Waals surface area contributed by atoms with Crippen molar-refractivity contribution in [3.63, 3.8) is 0 Å². The highest BCUT2D eigenvalue weighted by atomic mass is 32.1. The van der Waals surface area contributed by atoms with E-state index in [1.165, 1.54) is 11.3 Å². The summed E-state index contributed by atoms with van der Waals surface area (Å²) in [6.45, 7) is 4.43. The summed E-state index contributed by atoms with van der Waals surface area (Å²) in [6, 6.07) is 15.0. The van der Waals surface area contributed by atoms with Crippen LogP contribution in [0, 0.1) is 0 Å². The molecule has 136 valence electrons. The van der Waals surface area contributed by atoms with Crippen LogP contribution >= 0.6 is 12.2 Å². The molecule has 0 saturated carbocycles. The number of fused-ring (bicyclic) bond motifs is 2. The molecule has 0 aromatic heterocycles. The van der Waals surface area contributed by atoms with Gasteiger partial charge in [-0.25, -0.2) is 0 Å². The summed E-state index contributed by atoms with van der Waals surface area (Å²) in [6.07, 6.45) is 2.16. The lowest BCUT2D eigenvalue weighted by Crippen LogP contribution is -2.34. The number of thiocarbonyl (C=S) groups is 1. The maximum absolute atomic E-state index is 5.39. The third kappa shape index (κ3) is 3.55. The Hall–Kier alpha value is -2.47. The Labute approximate surface area is 159 Å². The van der Waals surface area contributed by atoms with E-state index in [1.807, 2.05) is 18.2 Å². The quantitative estimate of drug-likeness (QED) is 0.621. The van der Waals surface area contributed by atoms with Crippen LogP contribution in [0.3, 0.4) is 0 Å². The lowest BCUT2D eigenvalue weighted by Gasteiger charge is -2.25. The second kappa shape index (κ2) is 7.41. The molecule has 2 aromatic carbocycles. The fourth-order valence-corrected chi connectivity index (χ4v) is 3.79. The number of nitrogens with zero attached hydrogens (tertiary/aromatic N) is 1. The highest BCUT2D eigenvalue weighted by Crippen LogP contribution is 2.34. The molecule has 4 rings (SSSR count). The second-order valence-electron chi connectivity index (χ2n) is 6.68. The first-order valence-corrected chi connectivity index (χ1v) is 9.40. The third-order valence-corrected chi connectivity index (χ3v) is 5.09. The van der Waals surface area contributed by atoms with Gasteiger partial charge in [0.1, 0.15) is 0 Å². The minimum absolute atomic E-state index is 0.277. The lowest BCUT2D eigenvalue weighted by molar-refractivity contribution is 0.174. The average Bonchev–Trinajstić information content (AvgIpc) is 3.22. The van der Waals surface area contributed by atoms with Gasteiger partial charge in [0, 0.05) is 36.6 Å².